The van der Waals surface area contributed by atoms with Crippen molar-refractivity contribution in [2.75, 3.05) is 19.8 Å². The Bertz CT molecular complexity index is 587. The molecule has 1 fully saturated rings. The largest absolute Gasteiger partial charge is 0.381 e. The van der Waals surface area contributed by atoms with Crippen LogP contribution in [0.2, 0.25) is 0 Å². The molecule has 0 aliphatic carbocycles. The molecule has 1 aliphatic heterocycles. The van der Waals surface area contributed by atoms with Crippen molar-refractivity contribution in [3.8, 4) is 0 Å². The maximum Gasteiger partial charge on any atom is 0.230 e. The number of carbonyl (C=O) groups is 1. The van der Waals surface area contributed by atoms with Crippen LogP contribution in [0.5, 0.6) is 0 Å². The first kappa shape index (κ1) is 14.9. The summed E-state index contributed by atoms with van der Waals surface area (Å²) in [6.07, 6.45) is 5.50. The normalized spacial score (nSPS) is 17.1. The number of benzene rings is 1. The van der Waals surface area contributed by atoms with E-state index in [1.807, 2.05) is 42.7 Å². The molecule has 22 heavy (non-hydrogen) atoms. The zero-order valence-electron chi connectivity index (χ0n) is 12.7. The Labute approximate surface area is 131 Å². The van der Waals surface area contributed by atoms with E-state index in [2.05, 4.69) is 22.0 Å². The predicted octanol–water partition coefficient (Wildman–Crippen LogP) is 2.35. The van der Waals surface area contributed by atoms with Gasteiger partial charge in [0.1, 0.15) is 0 Å². The van der Waals surface area contributed by atoms with Gasteiger partial charge in [0.2, 0.25) is 5.91 Å². The van der Waals surface area contributed by atoms with Gasteiger partial charge in [0.25, 0.3) is 0 Å². The van der Waals surface area contributed by atoms with Crippen molar-refractivity contribution in [2.45, 2.75) is 24.8 Å². The second kappa shape index (κ2) is 6.79. The summed E-state index contributed by atoms with van der Waals surface area (Å²) in [5.41, 5.74) is 0.646. The van der Waals surface area contributed by atoms with Gasteiger partial charge in [-0.2, -0.15) is 0 Å². The Kier molecular flexibility index (Phi) is 4.59. The highest BCUT2D eigenvalue weighted by atomic mass is 16.5. The van der Waals surface area contributed by atoms with Gasteiger partial charge in [0.15, 0.2) is 0 Å². The van der Waals surface area contributed by atoms with Crippen LogP contribution in [0.25, 0.3) is 0 Å². The number of nitrogens with one attached hydrogen (secondary N) is 1. The molecular weight excluding hydrogens is 276 g/mol. The Hall–Kier alpha value is -2.07. The van der Waals surface area contributed by atoms with Crippen LogP contribution >= 0.6 is 0 Å². The number of hydrogen-bond acceptors (Lipinski definition) is 2. The van der Waals surface area contributed by atoms with Crippen LogP contribution in [0, 0.1) is 0 Å². The zero-order chi connectivity index (χ0) is 15.3. The van der Waals surface area contributed by atoms with Crippen LogP contribution in [0.4, 0.5) is 0 Å². The molecule has 0 saturated carbocycles. The van der Waals surface area contributed by atoms with Gasteiger partial charge in [-0.15, -0.1) is 0 Å². The first-order valence-corrected chi connectivity index (χ1v) is 7.84. The molecule has 0 unspecified atom stereocenters. The molecule has 1 N–H and O–H groups in total. The number of rotatable bonds is 5. The summed E-state index contributed by atoms with van der Waals surface area (Å²) in [5, 5.41) is 3.11. The van der Waals surface area contributed by atoms with Gasteiger partial charge in [0, 0.05) is 38.7 Å². The molecule has 4 heteroatoms. The smallest absolute Gasteiger partial charge is 0.230 e. The van der Waals surface area contributed by atoms with Crippen molar-refractivity contribution in [1.29, 1.82) is 0 Å². The molecule has 116 valence electrons. The fourth-order valence-electron chi connectivity index (χ4n) is 3.11. The molecular formula is C18H22N2O2. The van der Waals surface area contributed by atoms with Gasteiger partial charge < -0.3 is 14.6 Å². The quantitative estimate of drug-likeness (QED) is 0.921. The van der Waals surface area contributed by atoms with Crippen LogP contribution in [0.1, 0.15) is 18.4 Å². The molecule has 4 nitrogen and oxygen atoms in total. The molecule has 0 radical (unpaired) electrons. The van der Waals surface area contributed by atoms with Crippen molar-refractivity contribution in [1.82, 2.24) is 9.88 Å². The minimum atomic E-state index is -0.448. The fraction of sp³-hybridized carbons (Fsp3) is 0.389. The van der Waals surface area contributed by atoms with E-state index >= 15 is 0 Å². The lowest BCUT2D eigenvalue weighted by Crippen LogP contribution is -2.48. The SMILES string of the molecule is O=C(NCCn1cccc1)C1(c2ccccc2)CCOCC1. The van der Waals surface area contributed by atoms with Crippen LogP contribution < -0.4 is 5.32 Å². The minimum absolute atomic E-state index is 0.120. The highest BCUT2D eigenvalue weighted by molar-refractivity contribution is 5.88. The second-order valence-electron chi connectivity index (χ2n) is 5.74. The van der Waals surface area contributed by atoms with E-state index in [1.54, 1.807) is 0 Å². The lowest BCUT2D eigenvalue weighted by atomic mass is 9.73. The maximum absolute atomic E-state index is 12.9. The van der Waals surface area contributed by atoms with E-state index < -0.39 is 5.41 Å². The Morgan fingerprint density at radius 1 is 1.09 bits per heavy atom. The van der Waals surface area contributed by atoms with Gasteiger partial charge in [-0.05, 0) is 30.5 Å². The summed E-state index contributed by atoms with van der Waals surface area (Å²) in [5.74, 6) is 0.120. The number of hydrogen-bond donors (Lipinski definition) is 1. The number of aromatic nitrogens is 1. The topological polar surface area (TPSA) is 43.3 Å². The summed E-state index contributed by atoms with van der Waals surface area (Å²) >= 11 is 0. The molecule has 0 atom stereocenters. The molecule has 2 heterocycles. The lowest BCUT2D eigenvalue weighted by molar-refractivity contribution is -0.130. The minimum Gasteiger partial charge on any atom is -0.381 e. The molecule has 1 aromatic carbocycles. The number of nitrogens with zero attached hydrogens (tertiary/aromatic N) is 1. The summed E-state index contributed by atoms with van der Waals surface area (Å²) in [6.45, 7) is 2.71. The molecule has 3 rings (SSSR count). The van der Waals surface area contributed by atoms with Gasteiger partial charge in [-0.3, -0.25) is 4.79 Å². The maximum atomic E-state index is 12.9. The van der Waals surface area contributed by atoms with E-state index in [1.165, 1.54) is 0 Å². The van der Waals surface area contributed by atoms with E-state index in [-0.39, 0.29) is 5.91 Å². The standard InChI is InChI=1S/C18H22N2O2/c21-17(19-10-13-20-11-4-5-12-20)18(8-14-22-15-9-18)16-6-2-1-3-7-16/h1-7,11-12H,8-10,13-15H2,(H,19,21). The van der Waals surface area contributed by atoms with Crippen molar-refractivity contribution in [3.63, 3.8) is 0 Å². The van der Waals surface area contributed by atoms with E-state index in [0.717, 1.165) is 24.9 Å². The van der Waals surface area contributed by atoms with Crippen LogP contribution in [0.3, 0.4) is 0 Å². The Balaban J connectivity index is 1.70. The van der Waals surface area contributed by atoms with Gasteiger partial charge in [-0.25, -0.2) is 0 Å². The van der Waals surface area contributed by atoms with Crippen LogP contribution in [-0.2, 0) is 21.5 Å². The second-order valence-corrected chi connectivity index (χ2v) is 5.74. The summed E-state index contributed by atoms with van der Waals surface area (Å²) < 4.78 is 7.54. The zero-order valence-corrected chi connectivity index (χ0v) is 12.7. The Morgan fingerprint density at radius 3 is 2.45 bits per heavy atom. The first-order chi connectivity index (χ1) is 10.8. The van der Waals surface area contributed by atoms with Crippen molar-refractivity contribution >= 4 is 5.91 Å². The predicted molar refractivity (Wildman–Crippen MR) is 85.6 cm³/mol. The van der Waals surface area contributed by atoms with Gasteiger partial charge >= 0.3 is 0 Å². The molecule has 1 saturated heterocycles. The Morgan fingerprint density at radius 2 is 1.77 bits per heavy atom. The van der Waals surface area contributed by atoms with E-state index in [4.69, 9.17) is 4.74 Å². The van der Waals surface area contributed by atoms with E-state index in [0.29, 0.717) is 19.8 Å². The molecule has 2 aromatic rings. The third kappa shape index (κ3) is 3.07. The van der Waals surface area contributed by atoms with Crippen LogP contribution in [0.15, 0.2) is 54.9 Å². The van der Waals surface area contributed by atoms with Crippen LogP contribution in [-0.4, -0.2) is 30.2 Å². The number of ether oxygens (including phenoxy) is 1. The van der Waals surface area contributed by atoms with Gasteiger partial charge in [0.05, 0.1) is 5.41 Å². The molecule has 1 aliphatic rings. The summed E-state index contributed by atoms with van der Waals surface area (Å²) in [7, 11) is 0. The highest BCUT2D eigenvalue weighted by Crippen LogP contribution is 2.35. The first-order valence-electron chi connectivity index (χ1n) is 7.84. The highest BCUT2D eigenvalue weighted by Gasteiger charge is 2.41. The van der Waals surface area contributed by atoms with Crippen molar-refractivity contribution in [2.24, 2.45) is 0 Å². The summed E-state index contributed by atoms with van der Waals surface area (Å²) in [4.78, 5) is 12.9. The molecule has 1 aromatic heterocycles. The third-order valence-electron chi connectivity index (χ3n) is 4.43. The number of carbonyl (C=O) groups excluding carboxylic acids is 1. The average Bonchev–Trinajstić information content (AvgIpc) is 3.09. The molecule has 0 bridgehead atoms. The molecule has 0 spiro atoms. The molecule has 1 amide bonds. The third-order valence-corrected chi connectivity index (χ3v) is 4.43. The van der Waals surface area contributed by atoms with Crippen molar-refractivity contribution < 1.29 is 9.53 Å². The number of amides is 1. The average molecular weight is 298 g/mol. The lowest BCUT2D eigenvalue weighted by Gasteiger charge is -2.36. The summed E-state index contributed by atoms with van der Waals surface area (Å²) in [6, 6.07) is 14.1. The van der Waals surface area contributed by atoms with Gasteiger partial charge in [-0.1, -0.05) is 30.3 Å². The van der Waals surface area contributed by atoms with E-state index in [9.17, 15) is 4.79 Å². The van der Waals surface area contributed by atoms with Crippen molar-refractivity contribution in [3.05, 3.63) is 60.4 Å². The fourth-order valence-corrected chi connectivity index (χ4v) is 3.11. The monoisotopic (exact) mass is 298 g/mol.